The van der Waals surface area contributed by atoms with Crippen LogP contribution in [0, 0.1) is 11.8 Å². The van der Waals surface area contributed by atoms with Gasteiger partial charge in [-0.05, 0) is 18.1 Å². The van der Waals surface area contributed by atoms with E-state index < -0.39 is 11.9 Å². The van der Waals surface area contributed by atoms with Crippen molar-refractivity contribution in [3.8, 4) is 0 Å². The maximum atomic E-state index is 12.2. The standard InChI is InChI=1S/C15H19N3O3/c19-14(12-8-13(12)15(20)21)18-6-4-17(5-7-18)10-11-2-1-3-16-9-11/h1-3,9,12-13H,4-8,10H2,(H,20,21). The molecule has 1 aromatic rings. The van der Waals surface area contributed by atoms with E-state index in [-0.39, 0.29) is 11.8 Å². The van der Waals surface area contributed by atoms with Crippen LogP contribution < -0.4 is 0 Å². The van der Waals surface area contributed by atoms with E-state index in [0.717, 1.165) is 19.6 Å². The molecule has 1 aromatic heterocycles. The van der Waals surface area contributed by atoms with Crippen molar-refractivity contribution in [1.29, 1.82) is 0 Å². The third-order valence-electron chi connectivity index (χ3n) is 4.24. The van der Waals surface area contributed by atoms with Crippen molar-refractivity contribution in [1.82, 2.24) is 14.8 Å². The van der Waals surface area contributed by atoms with E-state index >= 15 is 0 Å². The number of pyridine rings is 1. The van der Waals surface area contributed by atoms with Crippen LogP contribution >= 0.6 is 0 Å². The Morgan fingerprint density at radius 2 is 2.00 bits per heavy atom. The topological polar surface area (TPSA) is 73.7 Å². The van der Waals surface area contributed by atoms with Gasteiger partial charge >= 0.3 is 5.97 Å². The van der Waals surface area contributed by atoms with Gasteiger partial charge in [0.25, 0.3) is 0 Å². The van der Waals surface area contributed by atoms with Crippen LogP contribution in [-0.2, 0) is 16.1 Å². The summed E-state index contributed by atoms with van der Waals surface area (Å²) in [5.74, 6) is -1.56. The molecular formula is C15H19N3O3. The molecule has 6 nitrogen and oxygen atoms in total. The number of aliphatic carboxylic acids is 1. The van der Waals surface area contributed by atoms with Gasteiger partial charge in [-0.1, -0.05) is 6.07 Å². The molecule has 0 aromatic carbocycles. The van der Waals surface area contributed by atoms with Crippen LogP contribution in [0.1, 0.15) is 12.0 Å². The Bertz CT molecular complexity index is 526. The van der Waals surface area contributed by atoms with Gasteiger partial charge in [0.1, 0.15) is 0 Å². The molecule has 3 rings (SSSR count). The maximum Gasteiger partial charge on any atom is 0.307 e. The lowest BCUT2D eigenvalue weighted by Gasteiger charge is -2.34. The Balaban J connectivity index is 1.47. The van der Waals surface area contributed by atoms with Gasteiger partial charge in [0.2, 0.25) is 5.91 Å². The zero-order valence-corrected chi connectivity index (χ0v) is 11.8. The fraction of sp³-hybridized carbons (Fsp3) is 0.533. The number of nitrogens with zero attached hydrogens (tertiary/aromatic N) is 3. The van der Waals surface area contributed by atoms with Gasteiger partial charge in [-0.2, -0.15) is 0 Å². The van der Waals surface area contributed by atoms with E-state index in [4.69, 9.17) is 5.11 Å². The normalized spacial score (nSPS) is 25.6. The lowest BCUT2D eigenvalue weighted by atomic mass is 10.2. The van der Waals surface area contributed by atoms with Crippen LogP contribution in [0.3, 0.4) is 0 Å². The third kappa shape index (κ3) is 3.21. The summed E-state index contributed by atoms with van der Waals surface area (Å²) < 4.78 is 0. The van der Waals surface area contributed by atoms with Crippen molar-refractivity contribution in [3.63, 3.8) is 0 Å². The van der Waals surface area contributed by atoms with Crippen LogP contribution in [0.5, 0.6) is 0 Å². The zero-order chi connectivity index (χ0) is 14.8. The molecular weight excluding hydrogens is 270 g/mol. The number of aromatic nitrogens is 1. The lowest BCUT2D eigenvalue weighted by Crippen LogP contribution is -2.49. The van der Waals surface area contributed by atoms with Crippen molar-refractivity contribution in [2.45, 2.75) is 13.0 Å². The van der Waals surface area contributed by atoms with Crippen LogP contribution in [0.2, 0.25) is 0 Å². The molecule has 0 bridgehead atoms. The highest BCUT2D eigenvalue weighted by molar-refractivity contribution is 5.89. The Kier molecular flexibility index (Phi) is 3.88. The highest BCUT2D eigenvalue weighted by atomic mass is 16.4. The van der Waals surface area contributed by atoms with Gasteiger partial charge in [-0.25, -0.2) is 0 Å². The molecule has 112 valence electrons. The van der Waals surface area contributed by atoms with Gasteiger partial charge in [0.05, 0.1) is 11.8 Å². The number of carboxylic acids is 1. The number of rotatable bonds is 4. The number of hydrogen-bond donors (Lipinski definition) is 1. The van der Waals surface area contributed by atoms with Crippen molar-refractivity contribution < 1.29 is 14.7 Å². The predicted molar refractivity (Wildman–Crippen MR) is 75.3 cm³/mol. The fourth-order valence-corrected chi connectivity index (χ4v) is 2.85. The fourth-order valence-electron chi connectivity index (χ4n) is 2.85. The second-order valence-electron chi connectivity index (χ2n) is 5.75. The predicted octanol–water partition coefficient (Wildman–Crippen LogP) is 0.446. The van der Waals surface area contributed by atoms with Crippen LogP contribution in [0.25, 0.3) is 0 Å². The molecule has 1 N–H and O–H groups in total. The lowest BCUT2D eigenvalue weighted by molar-refractivity contribution is -0.142. The molecule has 6 heteroatoms. The Labute approximate surface area is 123 Å². The Morgan fingerprint density at radius 3 is 2.57 bits per heavy atom. The van der Waals surface area contributed by atoms with E-state index in [1.807, 2.05) is 23.2 Å². The summed E-state index contributed by atoms with van der Waals surface area (Å²) in [7, 11) is 0. The van der Waals surface area contributed by atoms with Crippen molar-refractivity contribution >= 4 is 11.9 Å². The highest BCUT2D eigenvalue weighted by Gasteiger charge is 2.49. The number of carbonyl (C=O) groups excluding carboxylic acids is 1. The summed E-state index contributed by atoms with van der Waals surface area (Å²) in [4.78, 5) is 31.2. The summed E-state index contributed by atoms with van der Waals surface area (Å²) in [6.07, 6.45) is 4.12. The number of carboxylic acid groups (broad SMARTS) is 1. The number of carbonyl (C=O) groups is 2. The van der Waals surface area contributed by atoms with Crippen LogP contribution in [0.15, 0.2) is 24.5 Å². The quantitative estimate of drug-likeness (QED) is 0.871. The molecule has 0 radical (unpaired) electrons. The first kappa shape index (κ1) is 14.0. The molecule has 0 spiro atoms. The average Bonchev–Trinajstić information content (AvgIpc) is 3.29. The third-order valence-corrected chi connectivity index (χ3v) is 4.24. The van der Waals surface area contributed by atoms with E-state index in [9.17, 15) is 9.59 Å². The minimum absolute atomic E-state index is 0.0171. The Morgan fingerprint density at radius 1 is 1.24 bits per heavy atom. The van der Waals surface area contributed by atoms with E-state index in [1.165, 1.54) is 5.56 Å². The molecule has 1 aliphatic carbocycles. The molecule has 2 atom stereocenters. The second kappa shape index (κ2) is 5.81. The van der Waals surface area contributed by atoms with Gasteiger partial charge < -0.3 is 10.0 Å². The molecule has 1 saturated carbocycles. The van der Waals surface area contributed by atoms with Crippen molar-refractivity contribution in [2.75, 3.05) is 26.2 Å². The number of piperazine rings is 1. The van der Waals surface area contributed by atoms with E-state index in [1.54, 1.807) is 6.20 Å². The summed E-state index contributed by atoms with van der Waals surface area (Å²) in [6, 6.07) is 3.97. The smallest absolute Gasteiger partial charge is 0.307 e. The van der Waals surface area contributed by atoms with Crippen molar-refractivity contribution in [2.24, 2.45) is 11.8 Å². The monoisotopic (exact) mass is 289 g/mol. The molecule has 2 heterocycles. The van der Waals surface area contributed by atoms with E-state index in [0.29, 0.717) is 19.5 Å². The molecule has 2 fully saturated rings. The number of hydrogen-bond acceptors (Lipinski definition) is 4. The molecule has 2 unspecified atom stereocenters. The molecule has 2 aliphatic rings. The molecule has 1 saturated heterocycles. The first-order valence-corrected chi connectivity index (χ1v) is 7.28. The first-order chi connectivity index (χ1) is 10.1. The van der Waals surface area contributed by atoms with Crippen LogP contribution in [0.4, 0.5) is 0 Å². The molecule has 21 heavy (non-hydrogen) atoms. The summed E-state index contributed by atoms with van der Waals surface area (Å²) in [6.45, 7) is 3.86. The molecule has 1 aliphatic heterocycles. The van der Waals surface area contributed by atoms with Gasteiger partial charge in [0.15, 0.2) is 0 Å². The summed E-state index contributed by atoms with van der Waals surface area (Å²) in [5.41, 5.74) is 1.17. The first-order valence-electron chi connectivity index (χ1n) is 7.28. The SMILES string of the molecule is O=C(O)C1CC1C(=O)N1CCN(Cc2cccnc2)CC1. The van der Waals surface area contributed by atoms with Crippen LogP contribution in [-0.4, -0.2) is 57.9 Å². The second-order valence-corrected chi connectivity index (χ2v) is 5.75. The minimum Gasteiger partial charge on any atom is -0.481 e. The minimum atomic E-state index is -0.844. The van der Waals surface area contributed by atoms with Gasteiger partial charge in [-0.3, -0.25) is 19.5 Å². The van der Waals surface area contributed by atoms with E-state index in [2.05, 4.69) is 9.88 Å². The largest absolute Gasteiger partial charge is 0.481 e. The molecule has 1 amide bonds. The summed E-state index contributed by atoms with van der Waals surface area (Å²) in [5, 5.41) is 8.89. The highest BCUT2D eigenvalue weighted by Crippen LogP contribution is 2.40. The zero-order valence-electron chi connectivity index (χ0n) is 11.8. The Hall–Kier alpha value is -1.95. The van der Waals surface area contributed by atoms with Gasteiger partial charge in [-0.15, -0.1) is 0 Å². The summed E-state index contributed by atoms with van der Waals surface area (Å²) >= 11 is 0. The number of amides is 1. The average molecular weight is 289 g/mol. The maximum absolute atomic E-state index is 12.2. The van der Waals surface area contributed by atoms with Gasteiger partial charge in [0, 0.05) is 45.1 Å². The van der Waals surface area contributed by atoms with Crippen molar-refractivity contribution in [3.05, 3.63) is 30.1 Å².